The average molecular weight is 171 g/mol. The minimum absolute atomic E-state index is 0.00481. The van der Waals surface area contributed by atoms with E-state index in [0.717, 1.165) is 0 Å². The highest BCUT2D eigenvalue weighted by molar-refractivity contribution is 6.24. The number of hydrogen-bond acceptors (Lipinski definition) is 3. The Bertz CT molecular complexity index is 254. The molecule has 0 rings (SSSR count). The van der Waals surface area contributed by atoms with Crippen LogP contribution in [0.3, 0.4) is 0 Å². The molecular formula is C7H9NO4. The summed E-state index contributed by atoms with van der Waals surface area (Å²) < 4.78 is 0. The first-order valence-electron chi connectivity index (χ1n) is 3.16. The van der Waals surface area contributed by atoms with Crippen LogP contribution < -0.4 is 5.32 Å². The third-order valence-electron chi connectivity index (χ3n) is 1.30. The molecule has 0 spiro atoms. The zero-order valence-corrected chi connectivity index (χ0v) is 6.75. The Morgan fingerprint density at radius 3 is 2.17 bits per heavy atom. The number of carbonyl (C=O) groups excluding carboxylic acids is 2. The molecular weight excluding hydrogens is 162 g/mol. The van der Waals surface area contributed by atoms with Gasteiger partial charge in [-0.3, -0.25) is 9.59 Å². The Hall–Kier alpha value is -1.65. The smallest absolute Gasteiger partial charge is 0.333 e. The highest BCUT2D eigenvalue weighted by Gasteiger charge is 2.06. The number of nitrogens with one attached hydrogen (secondary N) is 1. The van der Waals surface area contributed by atoms with E-state index in [1.54, 1.807) is 0 Å². The maximum atomic E-state index is 10.4. The van der Waals surface area contributed by atoms with Gasteiger partial charge in [0.1, 0.15) is 0 Å². The monoisotopic (exact) mass is 171 g/mol. The van der Waals surface area contributed by atoms with Gasteiger partial charge in [0.25, 0.3) is 5.91 Å². The molecule has 5 nitrogen and oxygen atoms in total. The second kappa shape index (κ2) is 4.27. The summed E-state index contributed by atoms with van der Waals surface area (Å²) in [5.74, 6) is -1.98. The second-order valence-electron chi connectivity index (χ2n) is 2.16. The minimum atomic E-state index is -1.13. The van der Waals surface area contributed by atoms with Gasteiger partial charge in [-0.1, -0.05) is 0 Å². The molecule has 0 aromatic rings. The van der Waals surface area contributed by atoms with Crippen LogP contribution in [-0.4, -0.2) is 23.3 Å². The van der Waals surface area contributed by atoms with Crippen molar-refractivity contribution < 1.29 is 19.5 Å². The number of carboxylic acid groups (broad SMARTS) is 1. The molecule has 2 N–H and O–H groups in total. The summed E-state index contributed by atoms with van der Waals surface area (Å²) in [6, 6.07) is 0. The highest BCUT2D eigenvalue weighted by Crippen LogP contribution is 1.98. The van der Waals surface area contributed by atoms with Crippen LogP contribution in [0, 0.1) is 0 Å². The molecule has 1 amide bonds. The van der Waals surface area contributed by atoms with Crippen molar-refractivity contribution in [2.45, 2.75) is 13.8 Å². The van der Waals surface area contributed by atoms with Gasteiger partial charge < -0.3 is 10.4 Å². The largest absolute Gasteiger partial charge is 0.478 e. The molecule has 66 valence electrons. The molecule has 0 atom stereocenters. The van der Waals surface area contributed by atoms with Crippen LogP contribution in [-0.2, 0) is 14.4 Å². The summed E-state index contributed by atoms with van der Waals surface area (Å²) in [4.78, 5) is 30.6. The summed E-state index contributed by atoms with van der Waals surface area (Å²) in [5.41, 5.74) is 0.171. The van der Waals surface area contributed by atoms with E-state index in [4.69, 9.17) is 5.11 Å². The molecule has 0 heterocycles. The molecule has 0 aromatic carbocycles. The quantitative estimate of drug-likeness (QED) is 0.346. The molecule has 0 aliphatic carbocycles. The number of rotatable bonds is 3. The topological polar surface area (TPSA) is 83.5 Å². The second-order valence-corrected chi connectivity index (χ2v) is 2.16. The molecule has 12 heavy (non-hydrogen) atoms. The van der Waals surface area contributed by atoms with Crippen LogP contribution >= 0.6 is 0 Å². The third-order valence-corrected chi connectivity index (χ3v) is 1.30. The number of amides is 1. The van der Waals surface area contributed by atoms with E-state index in [2.05, 4.69) is 5.32 Å². The molecule has 0 radical (unpaired) electrons. The van der Waals surface area contributed by atoms with Crippen LogP contribution in [0.5, 0.6) is 0 Å². The Morgan fingerprint density at radius 2 is 1.83 bits per heavy atom. The predicted octanol–water partition coefficient (Wildman–Crippen LogP) is -0.320. The van der Waals surface area contributed by atoms with E-state index < -0.39 is 11.9 Å². The van der Waals surface area contributed by atoms with Crippen molar-refractivity contribution in [3.8, 4) is 0 Å². The van der Waals surface area contributed by atoms with Gasteiger partial charge in [0.05, 0.1) is 5.57 Å². The number of carboxylic acids is 1. The van der Waals surface area contributed by atoms with Gasteiger partial charge >= 0.3 is 5.97 Å². The fraction of sp³-hybridized carbons (Fsp3) is 0.286. The van der Waals surface area contributed by atoms with Gasteiger partial charge in [-0.25, -0.2) is 4.79 Å². The van der Waals surface area contributed by atoms with Crippen molar-refractivity contribution in [3.63, 3.8) is 0 Å². The van der Waals surface area contributed by atoms with Crippen LogP contribution in [0.15, 0.2) is 11.3 Å². The van der Waals surface area contributed by atoms with E-state index >= 15 is 0 Å². The third kappa shape index (κ3) is 2.96. The molecule has 0 bridgehead atoms. The van der Waals surface area contributed by atoms with Crippen LogP contribution in [0.1, 0.15) is 13.8 Å². The first-order valence-corrected chi connectivity index (χ1v) is 3.16. The molecule has 5 heteroatoms. The molecule has 0 saturated carbocycles. The molecule has 0 saturated heterocycles. The summed E-state index contributed by atoms with van der Waals surface area (Å²) in [5, 5.41) is 10.5. The van der Waals surface area contributed by atoms with E-state index in [9.17, 15) is 14.4 Å². The predicted molar refractivity (Wildman–Crippen MR) is 40.2 cm³/mol. The van der Waals surface area contributed by atoms with Crippen molar-refractivity contribution in [2.24, 2.45) is 0 Å². The fourth-order valence-electron chi connectivity index (χ4n) is 0.468. The molecule has 0 aliphatic rings. The first-order chi connectivity index (χ1) is 5.49. The van der Waals surface area contributed by atoms with Crippen molar-refractivity contribution >= 4 is 18.2 Å². The first kappa shape index (κ1) is 10.3. The molecule has 0 unspecified atom stereocenters. The van der Waals surface area contributed by atoms with Gasteiger partial charge in [-0.15, -0.1) is 0 Å². The summed E-state index contributed by atoms with van der Waals surface area (Å²) in [7, 11) is 0. The number of hydrogen-bond donors (Lipinski definition) is 2. The molecule has 0 fully saturated rings. The van der Waals surface area contributed by atoms with Gasteiger partial charge in [0.15, 0.2) is 0 Å². The normalized spacial score (nSPS) is 11.5. The lowest BCUT2D eigenvalue weighted by Gasteiger charge is -2.02. The lowest BCUT2D eigenvalue weighted by molar-refractivity contribution is -0.132. The zero-order chi connectivity index (χ0) is 9.72. The SMILES string of the molecule is CC(NC(=O)C=O)=C(C)C(=O)O. The van der Waals surface area contributed by atoms with Gasteiger partial charge in [0.2, 0.25) is 6.29 Å². The van der Waals surface area contributed by atoms with Gasteiger partial charge in [0, 0.05) is 5.70 Å². The summed E-state index contributed by atoms with van der Waals surface area (Å²) in [6.45, 7) is 2.74. The number of aliphatic carboxylic acids is 1. The Balaban J connectivity index is 4.47. The lowest BCUT2D eigenvalue weighted by atomic mass is 10.2. The maximum Gasteiger partial charge on any atom is 0.333 e. The number of aldehydes is 1. The minimum Gasteiger partial charge on any atom is -0.478 e. The van der Waals surface area contributed by atoms with Crippen molar-refractivity contribution in [2.75, 3.05) is 0 Å². The van der Waals surface area contributed by atoms with Crippen molar-refractivity contribution in [1.82, 2.24) is 5.32 Å². The van der Waals surface area contributed by atoms with E-state index in [1.807, 2.05) is 0 Å². The van der Waals surface area contributed by atoms with E-state index in [0.29, 0.717) is 0 Å². The molecule has 0 aliphatic heterocycles. The van der Waals surface area contributed by atoms with Crippen LogP contribution in [0.4, 0.5) is 0 Å². The van der Waals surface area contributed by atoms with Crippen molar-refractivity contribution in [3.05, 3.63) is 11.3 Å². The van der Waals surface area contributed by atoms with E-state index in [1.165, 1.54) is 13.8 Å². The number of allylic oxidation sites excluding steroid dienone is 1. The summed E-state index contributed by atoms with van der Waals surface area (Å²) in [6.07, 6.45) is 0.0820. The van der Waals surface area contributed by atoms with Gasteiger partial charge in [-0.05, 0) is 13.8 Å². The zero-order valence-electron chi connectivity index (χ0n) is 6.75. The Labute approximate surface area is 69.1 Å². The number of carbonyl (C=O) groups is 3. The van der Waals surface area contributed by atoms with Crippen molar-refractivity contribution in [1.29, 1.82) is 0 Å². The molecule has 0 aromatic heterocycles. The fourth-order valence-corrected chi connectivity index (χ4v) is 0.468. The Kier molecular flexibility index (Phi) is 3.69. The van der Waals surface area contributed by atoms with Gasteiger partial charge in [-0.2, -0.15) is 0 Å². The van der Waals surface area contributed by atoms with Crippen LogP contribution in [0.2, 0.25) is 0 Å². The Morgan fingerprint density at radius 1 is 1.33 bits per heavy atom. The average Bonchev–Trinajstić information content (AvgIpc) is 2.02. The standard InChI is InChI=1S/C7H9NO4/c1-4(7(11)12)5(2)8-6(10)3-9/h3H,1-2H3,(H,8,10)(H,11,12). The summed E-state index contributed by atoms with van der Waals surface area (Å²) >= 11 is 0. The van der Waals surface area contributed by atoms with E-state index in [-0.39, 0.29) is 17.6 Å². The van der Waals surface area contributed by atoms with Crippen LogP contribution in [0.25, 0.3) is 0 Å². The lowest BCUT2D eigenvalue weighted by Crippen LogP contribution is -2.24. The maximum absolute atomic E-state index is 10.4. The highest BCUT2D eigenvalue weighted by atomic mass is 16.4.